The molecule has 1 aliphatic heterocycles. The highest BCUT2D eigenvalue weighted by Gasteiger charge is 2.20. The van der Waals surface area contributed by atoms with E-state index in [9.17, 15) is 4.79 Å². The number of amides is 1. The fourth-order valence-electron chi connectivity index (χ4n) is 2.84. The van der Waals surface area contributed by atoms with Gasteiger partial charge in [0.05, 0.1) is 18.2 Å². The quantitative estimate of drug-likeness (QED) is 0.716. The molecule has 1 fully saturated rings. The predicted molar refractivity (Wildman–Crippen MR) is 87.0 cm³/mol. The van der Waals surface area contributed by atoms with E-state index in [4.69, 9.17) is 14.3 Å². The van der Waals surface area contributed by atoms with E-state index >= 15 is 0 Å². The number of benzene rings is 1. The first-order valence-corrected chi connectivity index (χ1v) is 8.03. The van der Waals surface area contributed by atoms with Crippen LogP contribution in [0.3, 0.4) is 0 Å². The van der Waals surface area contributed by atoms with Gasteiger partial charge in [-0.05, 0) is 41.5 Å². The van der Waals surface area contributed by atoms with E-state index in [2.05, 4.69) is 21.0 Å². The van der Waals surface area contributed by atoms with Crippen LogP contribution in [0.2, 0.25) is 0 Å². The Kier molecular flexibility index (Phi) is 4.16. The van der Waals surface area contributed by atoms with Gasteiger partial charge in [-0.3, -0.25) is 4.79 Å². The van der Waals surface area contributed by atoms with Gasteiger partial charge in [0.25, 0.3) is 5.91 Å². The minimum Gasteiger partial charge on any atom is -0.497 e. The zero-order valence-electron chi connectivity index (χ0n) is 13.6. The van der Waals surface area contributed by atoms with Crippen molar-refractivity contribution in [1.82, 2.24) is 25.5 Å². The van der Waals surface area contributed by atoms with Crippen molar-refractivity contribution in [3.8, 4) is 5.75 Å². The van der Waals surface area contributed by atoms with Gasteiger partial charge in [-0.2, -0.15) is 4.52 Å². The summed E-state index contributed by atoms with van der Waals surface area (Å²) in [6, 6.07) is 7.19. The van der Waals surface area contributed by atoms with Crippen LogP contribution in [0.5, 0.6) is 5.75 Å². The molecular formula is C16H17N5O4. The number of carbonyl (C=O) groups is 1. The maximum absolute atomic E-state index is 12.5. The summed E-state index contributed by atoms with van der Waals surface area (Å²) in [6.45, 7) is 0.636. The Hall–Kier alpha value is -2.78. The standard InChI is InChI=1S/C16H17N5O4/c1-23-11-6-5-10-8-12(15-17-19-20-21(15)13(10)9-11)16(22)18-25-14-4-2-3-7-24-14/h5-6,8-9,14H,2-4,7H2,1H3,(H,18,22). The molecule has 1 aliphatic rings. The van der Waals surface area contributed by atoms with Gasteiger partial charge in [-0.25, -0.2) is 10.3 Å². The lowest BCUT2D eigenvalue weighted by Gasteiger charge is -2.22. The maximum atomic E-state index is 12.5. The number of nitrogens with zero attached hydrogens (tertiary/aromatic N) is 4. The molecule has 3 heterocycles. The summed E-state index contributed by atoms with van der Waals surface area (Å²) < 4.78 is 12.2. The summed E-state index contributed by atoms with van der Waals surface area (Å²) in [5, 5.41) is 12.4. The Morgan fingerprint density at radius 3 is 3.08 bits per heavy atom. The van der Waals surface area contributed by atoms with Gasteiger partial charge >= 0.3 is 0 Å². The molecule has 0 aliphatic carbocycles. The molecule has 4 rings (SSSR count). The minimum absolute atomic E-state index is 0.318. The Labute approximate surface area is 142 Å². The number of pyridine rings is 1. The molecule has 1 aromatic carbocycles. The fraction of sp³-hybridized carbons (Fsp3) is 0.375. The smallest absolute Gasteiger partial charge is 0.278 e. The number of nitrogens with one attached hydrogen (secondary N) is 1. The Morgan fingerprint density at radius 1 is 1.36 bits per heavy atom. The first-order valence-electron chi connectivity index (χ1n) is 8.03. The number of carbonyl (C=O) groups excluding carboxylic acids is 1. The van der Waals surface area contributed by atoms with Crippen molar-refractivity contribution in [3.63, 3.8) is 0 Å². The van der Waals surface area contributed by atoms with Crippen LogP contribution in [-0.4, -0.2) is 46.0 Å². The number of tetrazole rings is 1. The molecule has 0 bridgehead atoms. The monoisotopic (exact) mass is 343 g/mol. The third-order valence-electron chi connectivity index (χ3n) is 4.14. The van der Waals surface area contributed by atoms with E-state index in [1.54, 1.807) is 13.2 Å². The van der Waals surface area contributed by atoms with Crippen LogP contribution >= 0.6 is 0 Å². The van der Waals surface area contributed by atoms with Crippen LogP contribution < -0.4 is 10.2 Å². The molecule has 0 spiro atoms. The van der Waals surface area contributed by atoms with Crippen LogP contribution in [0.25, 0.3) is 16.6 Å². The van der Waals surface area contributed by atoms with E-state index in [1.807, 2.05) is 18.2 Å². The van der Waals surface area contributed by atoms with Crippen LogP contribution in [0.4, 0.5) is 0 Å². The second kappa shape index (κ2) is 6.61. The number of hydrogen-bond acceptors (Lipinski definition) is 7. The lowest BCUT2D eigenvalue weighted by atomic mass is 10.1. The molecule has 0 saturated carbocycles. The Balaban J connectivity index is 1.65. The molecule has 9 heteroatoms. The average molecular weight is 343 g/mol. The van der Waals surface area contributed by atoms with Crippen LogP contribution in [0, 0.1) is 0 Å². The molecular weight excluding hydrogens is 326 g/mol. The van der Waals surface area contributed by atoms with Crippen molar-refractivity contribution in [3.05, 3.63) is 29.8 Å². The summed E-state index contributed by atoms with van der Waals surface area (Å²) >= 11 is 0. The lowest BCUT2D eigenvalue weighted by molar-refractivity contribution is -0.186. The highest BCUT2D eigenvalue weighted by Crippen LogP contribution is 2.23. The van der Waals surface area contributed by atoms with Crippen LogP contribution in [-0.2, 0) is 9.57 Å². The molecule has 1 atom stereocenters. The van der Waals surface area contributed by atoms with E-state index < -0.39 is 12.2 Å². The number of ether oxygens (including phenoxy) is 2. The first kappa shape index (κ1) is 15.7. The average Bonchev–Trinajstić information content (AvgIpc) is 3.16. The van der Waals surface area contributed by atoms with Crippen molar-refractivity contribution < 1.29 is 19.1 Å². The second-order valence-electron chi connectivity index (χ2n) is 5.74. The van der Waals surface area contributed by atoms with E-state index in [0.29, 0.717) is 23.6 Å². The van der Waals surface area contributed by atoms with Crippen molar-refractivity contribution >= 4 is 22.5 Å². The maximum Gasteiger partial charge on any atom is 0.278 e. The van der Waals surface area contributed by atoms with Crippen LogP contribution in [0.1, 0.15) is 29.6 Å². The van der Waals surface area contributed by atoms with E-state index in [-0.39, 0.29) is 0 Å². The second-order valence-corrected chi connectivity index (χ2v) is 5.74. The Bertz CT molecular complexity index is 919. The van der Waals surface area contributed by atoms with Gasteiger partial charge < -0.3 is 9.47 Å². The Morgan fingerprint density at radius 2 is 2.28 bits per heavy atom. The highest BCUT2D eigenvalue weighted by molar-refractivity contribution is 6.03. The molecule has 0 radical (unpaired) electrons. The van der Waals surface area contributed by atoms with Crippen molar-refractivity contribution in [2.75, 3.05) is 13.7 Å². The third-order valence-corrected chi connectivity index (χ3v) is 4.14. The molecule has 2 aromatic heterocycles. The molecule has 3 aromatic rings. The van der Waals surface area contributed by atoms with E-state index in [1.165, 1.54) is 4.52 Å². The zero-order valence-corrected chi connectivity index (χ0v) is 13.6. The lowest BCUT2D eigenvalue weighted by Crippen LogP contribution is -2.33. The van der Waals surface area contributed by atoms with Crippen LogP contribution in [0.15, 0.2) is 24.3 Å². The van der Waals surface area contributed by atoms with Gasteiger partial charge in [0, 0.05) is 24.5 Å². The summed E-state index contributed by atoms with van der Waals surface area (Å²) in [5.41, 5.74) is 3.84. The molecule has 1 unspecified atom stereocenters. The number of aromatic nitrogens is 4. The summed E-state index contributed by atoms with van der Waals surface area (Å²) in [6.07, 6.45) is 2.35. The minimum atomic E-state index is -0.424. The van der Waals surface area contributed by atoms with Gasteiger partial charge in [0.2, 0.25) is 0 Å². The van der Waals surface area contributed by atoms with Gasteiger partial charge in [0.1, 0.15) is 5.75 Å². The van der Waals surface area contributed by atoms with E-state index in [0.717, 1.165) is 30.2 Å². The van der Waals surface area contributed by atoms with Crippen molar-refractivity contribution in [2.45, 2.75) is 25.6 Å². The molecule has 9 nitrogen and oxygen atoms in total. The third kappa shape index (κ3) is 2.99. The predicted octanol–water partition coefficient (Wildman–Crippen LogP) is 1.47. The SMILES string of the molecule is COc1ccc2cc(C(=O)NOC3CCCCO3)c3nnnn3c2c1. The largest absolute Gasteiger partial charge is 0.497 e. The summed E-state index contributed by atoms with van der Waals surface area (Å²) in [7, 11) is 1.59. The molecule has 1 amide bonds. The molecule has 1 N–H and O–H groups in total. The zero-order chi connectivity index (χ0) is 17.2. The van der Waals surface area contributed by atoms with Crippen molar-refractivity contribution in [2.24, 2.45) is 0 Å². The summed E-state index contributed by atoms with van der Waals surface area (Å²) in [4.78, 5) is 17.9. The molecule has 25 heavy (non-hydrogen) atoms. The highest BCUT2D eigenvalue weighted by atomic mass is 16.8. The van der Waals surface area contributed by atoms with Gasteiger partial charge in [-0.1, -0.05) is 0 Å². The summed E-state index contributed by atoms with van der Waals surface area (Å²) in [5.74, 6) is 0.256. The first-order chi connectivity index (χ1) is 12.3. The number of hydrogen-bond donors (Lipinski definition) is 1. The number of methoxy groups -OCH3 is 1. The number of fused-ring (bicyclic) bond motifs is 3. The fourth-order valence-corrected chi connectivity index (χ4v) is 2.84. The normalized spacial score (nSPS) is 17.7. The topological polar surface area (TPSA) is 99.9 Å². The van der Waals surface area contributed by atoms with Crippen molar-refractivity contribution in [1.29, 1.82) is 0 Å². The van der Waals surface area contributed by atoms with Gasteiger partial charge in [0.15, 0.2) is 11.9 Å². The number of rotatable bonds is 4. The molecule has 130 valence electrons. The number of hydroxylamine groups is 1. The molecule has 1 saturated heterocycles. The van der Waals surface area contributed by atoms with Gasteiger partial charge in [-0.15, -0.1) is 5.10 Å².